The topological polar surface area (TPSA) is 58.6 Å². The highest BCUT2D eigenvalue weighted by molar-refractivity contribution is 14.1. The van der Waals surface area contributed by atoms with Gasteiger partial charge in [-0.15, -0.1) is 0 Å². The molecule has 1 aliphatic rings. The molecule has 0 spiro atoms. The third-order valence-corrected chi connectivity index (χ3v) is 2.99. The van der Waals surface area contributed by atoms with Crippen LogP contribution in [0.5, 0.6) is 0 Å². The van der Waals surface area contributed by atoms with E-state index in [0.29, 0.717) is 13.2 Å². The zero-order chi connectivity index (χ0) is 10.8. The molecule has 1 aromatic rings. The lowest BCUT2D eigenvalue weighted by molar-refractivity contribution is 0.0808. The van der Waals surface area contributed by atoms with Gasteiger partial charge in [0.05, 0.1) is 19.3 Å². The van der Waals surface area contributed by atoms with E-state index in [4.69, 9.17) is 9.84 Å². The number of hydrogen-bond acceptors (Lipinski definition) is 2. The van der Waals surface area contributed by atoms with Gasteiger partial charge < -0.3 is 15.2 Å². The van der Waals surface area contributed by atoms with Crippen LogP contribution in [0.1, 0.15) is 17.2 Å². The SMILES string of the molecule is O=C(O)NC1COCc2ccc(I)cc21. The minimum absolute atomic E-state index is 0.249. The summed E-state index contributed by atoms with van der Waals surface area (Å²) in [5, 5.41) is 11.1. The highest BCUT2D eigenvalue weighted by atomic mass is 127. The molecule has 1 aromatic carbocycles. The average Bonchev–Trinajstić information content (AvgIpc) is 2.18. The van der Waals surface area contributed by atoms with E-state index in [1.54, 1.807) is 0 Å². The van der Waals surface area contributed by atoms with Gasteiger partial charge in [-0.1, -0.05) is 6.07 Å². The first kappa shape index (κ1) is 10.7. The molecule has 0 aromatic heterocycles. The predicted octanol–water partition coefficient (Wildman–Crippen LogP) is 2.13. The molecule has 1 atom stereocenters. The first-order valence-corrected chi connectivity index (χ1v) is 5.60. The van der Waals surface area contributed by atoms with Gasteiger partial charge in [0.1, 0.15) is 0 Å². The van der Waals surface area contributed by atoms with Gasteiger partial charge in [-0.05, 0) is 45.9 Å². The van der Waals surface area contributed by atoms with Crippen LogP contribution in [0.3, 0.4) is 0 Å². The lowest BCUT2D eigenvalue weighted by Crippen LogP contribution is -2.33. The Morgan fingerprint density at radius 1 is 1.60 bits per heavy atom. The summed E-state index contributed by atoms with van der Waals surface area (Å²) >= 11 is 2.21. The van der Waals surface area contributed by atoms with Crippen LogP contribution in [0.25, 0.3) is 0 Å². The Hall–Kier alpha value is -0.820. The number of halogens is 1. The quantitative estimate of drug-likeness (QED) is 0.780. The fourth-order valence-electron chi connectivity index (χ4n) is 1.67. The standard InChI is InChI=1S/C10H10INO3/c11-7-2-1-6-4-15-5-9(8(6)3-7)12-10(13)14/h1-3,9,12H,4-5H2,(H,13,14). The lowest BCUT2D eigenvalue weighted by Gasteiger charge is -2.25. The van der Waals surface area contributed by atoms with Crippen LogP contribution in [-0.2, 0) is 11.3 Å². The van der Waals surface area contributed by atoms with Crippen LogP contribution >= 0.6 is 22.6 Å². The summed E-state index contributed by atoms with van der Waals surface area (Å²) < 4.78 is 6.42. The van der Waals surface area contributed by atoms with Gasteiger partial charge in [-0.25, -0.2) is 4.79 Å². The number of ether oxygens (including phenoxy) is 1. The second kappa shape index (κ2) is 4.36. The summed E-state index contributed by atoms with van der Waals surface area (Å²) in [4.78, 5) is 10.6. The van der Waals surface area contributed by atoms with E-state index in [-0.39, 0.29) is 6.04 Å². The minimum atomic E-state index is -1.02. The van der Waals surface area contributed by atoms with E-state index >= 15 is 0 Å². The number of nitrogens with one attached hydrogen (secondary N) is 1. The molecule has 2 rings (SSSR count). The number of carbonyl (C=O) groups is 1. The number of amides is 1. The molecule has 0 bridgehead atoms. The first-order chi connectivity index (χ1) is 7.16. The molecule has 0 radical (unpaired) electrons. The molecule has 4 nitrogen and oxygen atoms in total. The van der Waals surface area contributed by atoms with Crippen LogP contribution < -0.4 is 5.32 Å². The monoisotopic (exact) mass is 319 g/mol. The Bertz CT molecular complexity index is 394. The number of rotatable bonds is 1. The lowest BCUT2D eigenvalue weighted by atomic mass is 9.99. The largest absolute Gasteiger partial charge is 0.465 e. The Labute approximate surface area is 101 Å². The van der Waals surface area contributed by atoms with Gasteiger partial charge in [-0.2, -0.15) is 0 Å². The maximum absolute atomic E-state index is 10.6. The van der Waals surface area contributed by atoms with Gasteiger partial charge in [0.25, 0.3) is 0 Å². The highest BCUT2D eigenvalue weighted by Gasteiger charge is 2.22. The van der Waals surface area contributed by atoms with E-state index < -0.39 is 6.09 Å². The first-order valence-electron chi connectivity index (χ1n) is 4.52. The molecule has 0 saturated carbocycles. The Morgan fingerprint density at radius 2 is 2.40 bits per heavy atom. The minimum Gasteiger partial charge on any atom is -0.465 e. The van der Waals surface area contributed by atoms with Crippen molar-refractivity contribution in [2.45, 2.75) is 12.6 Å². The molecule has 1 unspecified atom stereocenters. The third-order valence-electron chi connectivity index (χ3n) is 2.32. The Morgan fingerprint density at radius 3 is 3.13 bits per heavy atom. The summed E-state index contributed by atoms with van der Waals surface area (Å²) in [6.07, 6.45) is -1.02. The van der Waals surface area contributed by atoms with Crippen molar-refractivity contribution in [3.63, 3.8) is 0 Å². The van der Waals surface area contributed by atoms with Gasteiger partial charge in [0.15, 0.2) is 0 Å². The molecular formula is C10H10INO3. The van der Waals surface area contributed by atoms with Crippen molar-refractivity contribution in [1.82, 2.24) is 5.32 Å². The average molecular weight is 319 g/mol. The smallest absolute Gasteiger partial charge is 0.405 e. The molecule has 1 amide bonds. The molecule has 80 valence electrons. The molecule has 0 fully saturated rings. The maximum Gasteiger partial charge on any atom is 0.405 e. The van der Waals surface area contributed by atoms with Crippen molar-refractivity contribution in [3.8, 4) is 0 Å². The summed E-state index contributed by atoms with van der Waals surface area (Å²) in [5.41, 5.74) is 2.08. The zero-order valence-corrected chi connectivity index (χ0v) is 10.0. The number of fused-ring (bicyclic) bond motifs is 1. The van der Waals surface area contributed by atoms with Crippen molar-refractivity contribution in [2.24, 2.45) is 0 Å². The van der Waals surface area contributed by atoms with Crippen molar-refractivity contribution < 1.29 is 14.6 Å². The molecule has 0 saturated heterocycles. The number of benzene rings is 1. The van der Waals surface area contributed by atoms with Crippen LogP contribution in [-0.4, -0.2) is 17.8 Å². The van der Waals surface area contributed by atoms with Gasteiger partial charge in [0, 0.05) is 3.57 Å². The molecule has 2 N–H and O–H groups in total. The van der Waals surface area contributed by atoms with E-state index in [1.165, 1.54) is 0 Å². The zero-order valence-electron chi connectivity index (χ0n) is 7.87. The molecule has 1 aliphatic heterocycles. The summed E-state index contributed by atoms with van der Waals surface area (Å²) in [6, 6.07) is 5.72. The Balaban J connectivity index is 2.32. The third kappa shape index (κ3) is 2.40. The summed E-state index contributed by atoms with van der Waals surface area (Å²) in [5.74, 6) is 0. The van der Waals surface area contributed by atoms with Gasteiger partial charge in [0.2, 0.25) is 0 Å². The molecule has 0 aliphatic carbocycles. The van der Waals surface area contributed by atoms with E-state index in [2.05, 4.69) is 27.9 Å². The van der Waals surface area contributed by atoms with Crippen LogP contribution in [0, 0.1) is 3.57 Å². The van der Waals surface area contributed by atoms with E-state index in [1.807, 2.05) is 18.2 Å². The molecular weight excluding hydrogens is 309 g/mol. The van der Waals surface area contributed by atoms with Crippen molar-refractivity contribution >= 4 is 28.7 Å². The van der Waals surface area contributed by atoms with Crippen molar-refractivity contribution in [2.75, 3.05) is 6.61 Å². The normalized spacial score (nSPS) is 19.4. The van der Waals surface area contributed by atoms with E-state index in [0.717, 1.165) is 14.7 Å². The molecule has 5 heteroatoms. The second-order valence-electron chi connectivity index (χ2n) is 3.36. The fourth-order valence-corrected chi connectivity index (χ4v) is 2.18. The molecule has 1 heterocycles. The summed E-state index contributed by atoms with van der Waals surface area (Å²) in [7, 11) is 0. The van der Waals surface area contributed by atoms with E-state index in [9.17, 15) is 4.79 Å². The van der Waals surface area contributed by atoms with Gasteiger partial charge in [-0.3, -0.25) is 0 Å². The van der Waals surface area contributed by atoms with Crippen molar-refractivity contribution in [1.29, 1.82) is 0 Å². The Kier molecular flexibility index (Phi) is 3.11. The molecule has 15 heavy (non-hydrogen) atoms. The maximum atomic E-state index is 10.6. The van der Waals surface area contributed by atoms with Gasteiger partial charge >= 0.3 is 6.09 Å². The summed E-state index contributed by atoms with van der Waals surface area (Å²) in [6.45, 7) is 0.962. The van der Waals surface area contributed by atoms with Crippen molar-refractivity contribution in [3.05, 3.63) is 32.9 Å². The number of carboxylic acid groups (broad SMARTS) is 1. The number of hydrogen-bond donors (Lipinski definition) is 2. The van der Waals surface area contributed by atoms with Crippen LogP contribution in [0.2, 0.25) is 0 Å². The van der Waals surface area contributed by atoms with Crippen LogP contribution in [0.15, 0.2) is 18.2 Å². The second-order valence-corrected chi connectivity index (χ2v) is 4.61. The highest BCUT2D eigenvalue weighted by Crippen LogP contribution is 2.26. The fraction of sp³-hybridized carbons (Fsp3) is 0.300. The van der Waals surface area contributed by atoms with Crippen LogP contribution in [0.4, 0.5) is 4.79 Å². The predicted molar refractivity (Wildman–Crippen MR) is 62.7 cm³/mol.